The number of aliphatic hydroxyl groups excluding tert-OH is 1. The van der Waals surface area contributed by atoms with Crippen LogP contribution in [0.5, 0.6) is 5.75 Å². The van der Waals surface area contributed by atoms with E-state index in [9.17, 15) is 9.18 Å². The Morgan fingerprint density at radius 2 is 1.69 bits per heavy atom. The van der Waals surface area contributed by atoms with E-state index >= 15 is 0 Å². The summed E-state index contributed by atoms with van der Waals surface area (Å²) in [6, 6.07) is 14.3. The summed E-state index contributed by atoms with van der Waals surface area (Å²) in [7, 11) is 0. The highest BCUT2D eigenvalue weighted by Gasteiger charge is 2.32. The summed E-state index contributed by atoms with van der Waals surface area (Å²) in [6.45, 7) is 6.42. The Morgan fingerprint density at radius 3 is 2.34 bits per heavy atom. The first-order valence-electron chi connectivity index (χ1n) is 10.1. The highest BCUT2D eigenvalue weighted by Crippen LogP contribution is 2.19. The van der Waals surface area contributed by atoms with Gasteiger partial charge in [0.1, 0.15) is 11.6 Å². The average molecular weight is 400 g/mol. The van der Waals surface area contributed by atoms with Crippen molar-refractivity contribution in [1.82, 2.24) is 9.80 Å². The first kappa shape index (κ1) is 21.3. The third kappa shape index (κ3) is 5.78. The molecule has 3 rings (SSSR count). The SMILES string of the molecule is C[C@@H]1CN(C(=O)COc2ccc(CCO)cc2)[C@@H](C)CN1Cc1ccc(F)cc1. The number of nitrogens with zero attached hydrogens (tertiary/aromatic N) is 2. The molecule has 156 valence electrons. The lowest BCUT2D eigenvalue weighted by atomic mass is 10.1. The van der Waals surface area contributed by atoms with E-state index in [-0.39, 0.29) is 37.0 Å². The summed E-state index contributed by atoms with van der Waals surface area (Å²) < 4.78 is 18.8. The Kier molecular flexibility index (Phi) is 7.23. The fourth-order valence-corrected chi connectivity index (χ4v) is 3.70. The molecule has 2 atom stereocenters. The number of carbonyl (C=O) groups is 1. The zero-order valence-corrected chi connectivity index (χ0v) is 17.1. The molecule has 0 saturated carbocycles. The Labute approximate surface area is 171 Å². The van der Waals surface area contributed by atoms with Crippen molar-refractivity contribution < 1.29 is 19.0 Å². The van der Waals surface area contributed by atoms with E-state index in [2.05, 4.69) is 11.8 Å². The van der Waals surface area contributed by atoms with Gasteiger partial charge in [0.15, 0.2) is 6.61 Å². The minimum Gasteiger partial charge on any atom is -0.484 e. The largest absolute Gasteiger partial charge is 0.484 e. The maximum absolute atomic E-state index is 13.1. The highest BCUT2D eigenvalue weighted by atomic mass is 19.1. The van der Waals surface area contributed by atoms with Crippen LogP contribution in [0.3, 0.4) is 0 Å². The van der Waals surface area contributed by atoms with Crippen LogP contribution in [0.4, 0.5) is 4.39 Å². The quantitative estimate of drug-likeness (QED) is 0.777. The molecule has 1 aliphatic heterocycles. The number of carbonyl (C=O) groups excluding carboxylic acids is 1. The third-order valence-corrected chi connectivity index (χ3v) is 5.42. The van der Waals surface area contributed by atoms with Gasteiger partial charge in [-0.2, -0.15) is 0 Å². The number of benzene rings is 2. The van der Waals surface area contributed by atoms with Crippen LogP contribution in [0.1, 0.15) is 25.0 Å². The maximum atomic E-state index is 13.1. The molecule has 2 aromatic carbocycles. The predicted molar refractivity (Wildman–Crippen MR) is 110 cm³/mol. The van der Waals surface area contributed by atoms with Crippen molar-refractivity contribution in [2.24, 2.45) is 0 Å². The molecule has 1 aliphatic rings. The molecule has 2 aromatic rings. The second-order valence-corrected chi connectivity index (χ2v) is 7.71. The number of ether oxygens (including phenoxy) is 1. The summed E-state index contributed by atoms with van der Waals surface area (Å²) in [5.41, 5.74) is 2.10. The van der Waals surface area contributed by atoms with Gasteiger partial charge in [0.25, 0.3) is 5.91 Å². The van der Waals surface area contributed by atoms with Crippen molar-refractivity contribution in [2.45, 2.75) is 38.9 Å². The Balaban J connectivity index is 1.52. The van der Waals surface area contributed by atoms with Crippen LogP contribution in [0, 0.1) is 5.82 Å². The molecule has 0 aliphatic carbocycles. The molecule has 29 heavy (non-hydrogen) atoms. The van der Waals surface area contributed by atoms with Crippen LogP contribution in [-0.2, 0) is 17.8 Å². The van der Waals surface area contributed by atoms with Gasteiger partial charge in [-0.3, -0.25) is 9.69 Å². The van der Waals surface area contributed by atoms with Gasteiger partial charge in [-0.1, -0.05) is 24.3 Å². The van der Waals surface area contributed by atoms with Crippen molar-refractivity contribution >= 4 is 5.91 Å². The van der Waals surface area contributed by atoms with E-state index in [1.54, 1.807) is 0 Å². The van der Waals surface area contributed by atoms with Gasteiger partial charge in [-0.15, -0.1) is 0 Å². The normalized spacial score (nSPS) is 19.9. The molecule has 0 radical (unpaired) electrons. The van der Waals surface area contributed by atoms with Crippen LogP contribution in [0.15, 0.2) is 48.5 Å². The van der Waals surface area contributed by atoms with E-state index < -0.39 is 0 Å². The molecule has 0 unspecified atom stereocenters. The third-order valence-electron chi connectivity index (χ3n) is 5.42. The summed E-state index contributed by atoms with van der Waals surface area (Å²) in [6.07, 6.45) is 0.608. The van der Waals surface area contributed by atoms with E-state index in [0.29, 0.717) is 18.7 Å². The van der Waals surface area contributed by atoms with Crippen molar-refractivity contribution in [3.8, 4) is 5.75 Å². The van der Waals surface area contributed by atoms with Gasteiger partial charge in [-0.25, -0.2) is 4.39 Å². The second-order valence-electron chi connectivity index (χ2n) is 7.71. The minimum atomic E-state index is -0.228. The standard InChI is InChI=1S/C23H29FN2O3/c1-17-14-26(18(2)13-25(17)15-20-3-7-21(24)8-4-20)23(28)16-29-22-9-5-19(6-10-22)11-12-27/h3-10,17-18,27H,11-16H2,1-2H3/t17-,18+/m1/s1. The van der Waals surface area contributed by atoms with E-state index in [0.717, 1.165) is 24.2 Å². The van der Waals surface area contributed by atoms with Gasteiger partial charge in [0.05, 0.1) is 0 Å². The van der Waals surface area contributed by atoms with E-state index in [1.165, 1.54) is 12.1 Å². The Hall–Kier alpha value is -2.44. The average Bonchev–Trinajstić information content (AvgIpc) is 2.71. The van der Waals surface area contributed by atoms with Crippen LogP contribution < -0.4 is 4.74 Å². The van der Waals surface area contributed by atoms with Crippen LogP contribution in [0.2, 0.25) is 0 Å². The Morgan fingerprint density at radius 1 is 1.03 bits per heavy atom. The molecule has 0 aromatic heterocycles. The van der Waals surface area contributed by atoms with E-state index in [1.807, 2.05) is 48.2 Å². The number of amides is 1. The molecule has 6 heteroatoms. The van der Waals surface area contributed by atoms with Gasteiger partial charge in [-0.05, 0) is 55.7 Å². The molecule has 0 spiro atoms. The van der Waals surface area contributed by atoms with Gasteiger partial charge < -0.3 is 14.7 Å². The van der Waals surface area contributed by atoms with Crippen molar-refractivity contribution in [3.63, 3.8) is 0 Å². The van der Waals surface area contributed by atoms with Crippen molar-refractivity contribution in [2.75, 3.05) is 26.3 Å². The molecular weight excluding hydrogens is 371 g/mol. The first-order chi connectivity index (χ1) is 14.0. The molecule has 5 nitrogen and oxygen atoms in total. The highest BCUT2D eigenvalue weighted by molar-refractivity contribution is 5.78. The number of piperazine rings is 1. The lowest BCUT2D eigenvalue weighted by Crippen LogP contribution is -2.58. The van der Waals surface area contributed by atoms with Gasteiger partial charge >= 0.3 is 0 Å². The molecule has 1 amide bonds. The number of hydrogen-bond acceptors (Lipinski definition) is 4. The van der Waals surface area contributed by atoms with Gasteiger partial charge in [0, 0.05) is 38.3 Å². The minimum absolute atomic E-state index is 0.00830. The zero-order valence-electron chi connectivity index (χ0n) is 17.1. The predicted octanol–water partition coefficient (Wildman–Crippen LogP) is 2.86. The van der Waals surface area contributed by atoms with Crippen LogP contribution in [0.25, 0.3) is 0 Å². The topological polar surface area (TPSA) is 53.0 Å². The molecular formula is C23H29FN2O3. The van der Waals surface area contributed by atoms with Crippen LogP contribution >= 0.6 is 0 Å². The first-order valence-corrected chi connectivity index (χ1v) is 10.1. The number of halogens is 1. The molecule has 1 saturated heterocycles. The maximum Gasteiger partial charge on any atom is 0.260 e. The van der Waals surface area contributed by atoms with Crippen molar-refractivity contribution in [3.05, 3.63) is 65.5 Å². The monoisotopic (exact) mass is 400 g/mol. The number of hydrogen-bond donors (Lipinski definition) is 1. The summed E-state index contributed by atoms with van der Waals surface area (Å²) >= 11 is 0. The summed E-state index contributed by atoms with van der Waals surface area (Å²) in [4.78, 5) is 16.9. The second kappa shape index (κ2) is 9.85. The van der Waals surface area contributed by atoms with Gasteiger partial charge in [0.2, 0.25) is 0 Å². The van der Waals surface area contributed by atoms with E-state index in [4.69, 9.17) is 9.84 Å². The smallest absolute Gasteiger partial charge is 0.260 e. The summed E-state index contributed by atoms with van der Waals surface area (Å²) in [5.74, 6) is 0.398. The molecule has 1 fully saturated rings. The number of rotatable bonds is 7. The number of aliphatic hydroxyl groups is 1. The van der Waals surface area contributed by atoms with Crippen molar-refractivity contribution in [1.29, 1.82) is 0 Å². The lowest BCUT2D eigenvalue weighted by Gasteiger charge is -2.44. The molecule has 0 bridgehead atoms. The zero-order chi connectivity index (χ0) is 20.8. The summed E-state index contributed by atoms with van der Waals surface area (Å²) in [5, 5.41) is 8.97. The lowest BCUT2D eigenvalue weighted by molar-refractivity contribution is -0.139. The fraction of sp³-hybridized carbons (Fsp3) is 0.435. The Bertz CT molecular complexity index is 795. The molecule has 1 N–H and O–H groups in total. The molecule has 1 heterocycles. The van der Waals surface area contributed by atoms with Crippen LogP contribution in [-0.4, -0.2) is 59.2 Å². The fourth-order valence-electron chi connectivity index (χ4n) is 3.70.